The molecule has 32 heavy (non-hydrogen) atoms. The number of carbonyl (C=O) groups is 2. The van der Waals surface area contributed by atoms with Crippen LogP contribution in [0.1, 0.15) is 40.5 Å². The number of likely N-dealkylation sites (tertiary alicyclic amines) is 1. The van der Waals surface area contributed by atoms with Gasteiger partial charge in [-0.05, 0) is 58.6 Å². The fraction of sp³-hybridized carbons (Fsp3) is 0.636. The third kappa shape index (κ3) is 9.58. The Bertz CT molecular complexity index is 746. The Morgan fingerprint density at radius 2 is 2.00 bits per heavy atom. The van der Waals surface area contributed by atoms with Crippen LogP contribution in [0.3, 0.4) is 0 Å². The normalized spacial score (nSPS) is 14.9. The number of aromatic nitrogens is 1. The molecule has 2 N–H and O–H groups in total. The van der Waals surface area contributed by atoms with Gasteiger partial charge in [0.15, 0.2) is 5.96 Å². The van der Waals surface area contributed by atoms with Crippen LogP contribution in [0.2, 0.25) is 0 Å². The molecule has 0 bridgehead atoms. The molecule has 0 spiro atoms. The zero-order valence-corrected chi connectivity index (χ0v) is 22.1. The molecular formula is C22H37IN6O3. The summed E-state index contributed by atoms with van der Waals surface area (Å²) in [6, 6.07) is 3.57. The van der Waals surface area contributed by atoms with Crippen molar-refractivity contribution in [3.05, 3.63) is 24.5 Å². The zero-order chi connectivity index (χ0) is 22.9. The predicted octanol–water partition coefficient (Wildman–Crippen LogP) is 3.18. The van der Waals surface area contributed by atoms with E-state index in [4.69, 9.17) is 4.74 Å². The van der Waals surface area contributed by atoms with Gasteiger partial charge in [0, 0.05) is 39.4 Å². The number of piperidine rings is 1. The standard InChI is InChI=1S/C22H36N6O3.HI/c1-6-27(21(30)31-22(2,3)4)16-17-9-12-28(13-10-17)20(23-5)25-15-19(29)26-18-8-7-11-24-14-18;/h7-8,11,14,17H,6,9-10,12-13,15-16H2,1-5H3,(H,23,25)(H,26,29);1H. The molecule has 0 unspecified atom stereocenters. The second-order valence-corrected chi connectivity index (χ2v) is 8.64. The summed E-state index contributed by atoms with van der Waals surface area (Å²) in [5.41, 5.74) is 0.172. The highest BCUT2D eigenvalue weighted by Gasteiger charge is 2.27. The van der Waals surface area contributed by atoms with E-state index in [1.165, 1.54) is 0 Å². The first kappa shape index (κ1) is 27.9. The molecule has 10 heteroatoms. The van der Waals surface area contributed by atoms with Gasteiger partial charge in [-0.1, -0.05) is 0 Å². The van der Waals surface area contributed by atoms with Gasteiger partial charge in [-0.15, -0.1) is 24.0 Å². The van der Waals surface area contributed by atoms with E-state index in [0.717, 1.165) is 25.9 Å². The van der Waals surface area contributed by atoms with Crippen molar-refractivity contribution in [2.45, 2.75) is 46.1 Å². The van der Waals surface area contributed by atoms with Crippen LogP contribution in [0.15, 0.2) is 29.5 Å². The molecule has 1 aromatic heterocycles. The van der Waals surface area contributed by atoms with Crippen LogP contribution < -0.4 is 10.6 Å². The summed E-state index contributed by atoms with van der Waals surface area (Å²) in [6.45, 7) is 10.7. The maximum atomic E-state index is 12.4. The van der Waals surface area contributed by atoms with Crippen molar-refractivity contribution in [2.24, 2.45) is 10.9 Å². The van der Waals surface area contributed by atoms with Crippen LogP contribution in [0.25, 0.3) is 0 Å². The molecule has 180 valence electrons. The smallest absolute Gasteiger partial charge is 0.410 e. The molecular weight excluding hydrogens is 523 g/mol. The van der Waals surface area contributed by atoms with Crippen LogP contribution in [-0.4, -0.2) is 78.1 Å². The summed E-state index contributed by atoms with van der Waals surface area (Å²) in [4.78, 5) is 36.8. The van der Waals surface area contributed by atoms with E-state index in [1.54, 1.807) is 36.5 Å². The van der Waals surface area contributed by atoms with E-state index in [-0.39, 0.29) is 42.5 Å². The predicted molar refractivity (Wildman–Crippen MR) is 137 cm³/mol. The number of carbonyl (C=O) groups excluding carboxylic acids is 2. The van der Waals surface area contributed by atoms with E-state index >= 15 is 0 Å². The Morgan fingerprint density at radius 1 is 1.31 bits per heavy atom. The molecule has 9 nitrogen and oxygen atoms in total. The maximum absolute atomic E-state index is 12.4. The molecule has 1 aliphatic rings. The van der Waals surface area contributed by atoms with Crippen LogP contribution >= 0.6 is 24.0 Å². The average molecular weight is 560 g/mol. The van der Waals surface area contributed by atoms with Gasteiger partial charge in [0.05, 0.1) is 18.4 Å². The minimum atomic E-state index is -0.491. The van der Waals surface area contributed by atoms with Crippen molar-refractivity contribution < 1.29 is 14.3 Å². The third-order valence-electron chi connectivity index (χ3n) is 4.99. The Kier molecular flexibility index (Phi) is 11.7. The topological polar surface area (TPSA) is 99.2 Å². The molecule has 1 aromatic rings. The molecule has 0 atom stereocenters. The number of aliphatic imine (C=N–C) groups is 1. The number of ether oxygens (including phenoxy) is 1. The van der Waals surface area contributed by atoms with Crippen LogP contribution in [0.4, 0.5) is 10.5 Å². The van der Waals surface area contributed by atoms with Crippen LogP contribution in [0, 0.1) is 5.92 Å². The number of guanidine groups is 1. The molecule has 1 aliphatic heterocycles. The second-order valence-electron chi connectivity index (χ2n) is 8.64. The van der Waals surface area contributed by atoms with Gasteiger partial charge in [-0.3, -0.25) is 14.8 Å². The van der Waals surface area contributed by atoms with Gasteiger partial charge in [-0.2, -0.15) is 0 Å². The lowest BCUT2D eigenvalue weighted by atomic mass is 9.96. The van der Waals surface area contributed by atoms with E-state index < -0.39 is 5.60 Å². The van der Waals surface area contributed by atoms with E-state index in [2.05, 4.69) is 25.5 Å². The molecule has 2 amide bonds. The highest BCUT2D eigenvalue weighted by atomic mass is 127. The van der Waals surface area contributed by atoms with Crippen molar-refractivity contribution in [3.8, 4) is 0 Å². The number of hydrogen-bond acceptors (Lipinski definition) is 5. The van der Waals surface area contributed by atoms with Gasteiger partial charge in [-0.25, -0.2) is 4.79 Å². The summed E-state index contributed by atoms with van der Waals surface area (Å²) in [6.07, 6.45) is 4.90. The van der Waals surface area contributed by atoms with E-state index in [0.29, 0.717) is 30.7 Å². The van der Waals surface area contributed by atoms with Gasteiger partial charge in [0.1, 0.15) is 5.60 Å². The van der Waals surface area contributed by atoms with E-state index in [9.17, 15) is 9.59 Å². The SMILES string of the molecule is CCN(CC1CCN(C(=NC)NCC(=O)Nc2cccnc2)CC1)C(=O)OC(C)(C)C.I. The van der Waals surface area contributed by atoms with E-state index in [1.807, 2.05) is 27.7 Å². The first-order valence-electron chi connectivity index (χ1n) is 10.8. The summed E-state index contributed by atoms with van der Waals surface area (Å²) in [5.74, 6) is 0.968. The quantitative estimate of drug-likeness (QED) is 0.315. The number of nitrogens with one attached hydrogen (secondary N) is 2. The molecule has 0 radical (unpaired) electrons. The molecule has 1 saturated heterocycles. The Balaban J connectivity index is 0.00000512. The fourth-order valence-electron chi connectivity index (χ4n) is 3.43. The average Bonchev–Trinajstić information content (AvgIpc) is 2.72. The van der Waals surface area contributed by atoms with Gasteiger partial charge < -0.3 is 25.2 Å². The number of pyridine rings is 1. The number of amides is 2. The summed E-state index contributed by atoms with van der Waals surface area (Å²) in [5, 5.41) is 5.93. The molecule has 0 aromatic carbocycles. The lowest BCUT2D eigenvalue weighted by Crippen LogP contribution is -2.49. The van der Waals surface area contributed by atoms with Gasteiger partial charge in [0.25, 0.3) is 0 Å². The Labute approximate surface area is 208 Å². The second kappa shape index (κ2) is 13.4. The molecule has 2 heterocycles. The molecule has 0 aliphatic carbocycles. The monoisotopic (exact) mass is 560 g/mol. The Morgan fingerprint density at radius 3 is 2.53 bits per heavy atom. The minimum Gasteiger partial charge on any atom is -0.444 e. The highest BCUT2D eigenvalue weighted by Crippen LogP contribution is 2.20. The Hall–Kier alpha value is -2.11. The lowest BCUT2D eigenvalue weighted by molar-refractivity contribution is -0.115. The number of nitrogens with zero attached hydrogens (tertiary/aromatic N) is 4. The van der Waals surface area contributed by atoms with Crippen molar-refractivity contribution >= 4 is 47.6 Å². The number of halogens is 1. The molecule has 0 saturated carbocycles. The molecule has 1 fully saturated rings. The van der Waals surface area contributed by atoms with Gasteiger partial charge >= 0.3 is 6.09 Å². The zero-order valence-electron chi connectivity index (χ0n) is 19.8. The highest BCUT2D eigenvalue weighted by molar-refractivity contribution is 14.0. The van der Waals surface area contributed by atoms with Crippen molar-refractivity contribution in [3.63, 3.8) is 0 Å². The summed E-state index contributed by atoms with van der Waals surface area (Å²) in [7, 11) is 1.72. The number of anilines is 1. The van der Waals surface area contributed by atoms with Crippen molar-refractivity contribution in [2.75, 3.05) is 45.1 Å². The lowest BCUT2D eigenvalue weighted by Gasteiger charge is -2.36. The first-order valence-corrected chi connectivity index (χ1v) is 10.8. The van der Waals surface area contributed by atoms with Crippen LogP contribution in [0.5, 0.6) is 0 Å². The summed E-state index contributed by atoms with van der Waals surface area (Å²) < 4.78 is 5.51. The number of hydrogen-bond donors (Lipinski definition) is 2. The largest absolute Gasteiger partial charge is 0.444 e. The first-order chi connectivity index (χ1) is 14.7. The van der Waals surface area contributed by atoms with Crippen molar-refractivity contribution in [1.82, 2.24) is 20.1 Å². The maximum Gasteiger partial charge on any atom is 0.410 e. The van der Waals surface area contributed by atoms with Crippen LogP contribution in [-0.2, 0) is 9.53 Å². The van der Waals surface area contributed by atoms with Gasteiger partial charge in [0.2, 0.25) is 5.91 Å². The summed E-state index contributed by atoms with van der Waals surface area (Å²) >= 11 is 0. The van der Waals surface area contributed by atoms with Crippen molar-refractivity contribution in [1.29, 1.82) is 0 Å². The molecule has 2 rings (SSSR count). The third-order valence-corrected chi connectivity index (χ3v) is 4.99. The number of rotatable bonds is 6. The fourth-order valence-corrected chi connectivity index (χ4v) is 3.43. The minimum absolute atomic E-state index is 0.